The van der Waals surface area contributed by atoms with Crippen molar-refractivity contribution in [2.45, 2.75) is 38.0 Å². The zero-order valence-corrected chi connectivity index (χ0v) is 17.6. The fraction of sp³-hybridized carbons (Fsp3) is 0.455. The lowest BCUT2D eigenvalue weighted by Crippen LogP contribution is -2.36. The van der Waals surface area contributed by atoms with Gasteiger partial charge in [0.25, 0.3) is 5.91 Å². The Hall–Kier alpha value is -2.67. The third kappa shape index (κ3) is 3.62. The van der Waals surface area contributed by atoms with Crippen molar-refractivity contribution in [3.05, 3.63) is 53.1 Å². The number of likely N-dealkylation sites (tertiary alicyclic amines) is 1. The lowest BCUT2D eigenvalue weighted by Gasteiger charge is -2.32. The molecule has 2 saturated heterocycles. The number of amides is 1. The molecule has 0 unspecified atom stereocenters. The summed E-state index contributed by atoms with van der Waals surface area (Å²) in [5.74, 6) is 2.17. The highest BCUT2D eigenvalue weighted by Crippen LogP contribution is 2.32. The van der Waals surface area contributed by atoms with Gasteiger partial charge in [-0.25, -0.2) is 4.98 Å². The number of nitrogens with zero attached hydrogens (tertiary/aromatic N) is 6. The van der Waals surface area contributed by atoms with E-state index in [-0.39, 0.29) is 5.91 Å². The molecular formula is C22H25ClN6O. The normalized spacial score (nSPS) is 18.2. The van der Waals surface area contributed by atoms with E-state index in [0.29, 0.717) is 16.5 Å². The Labute approximate surface area is 180 Å². The molecule has 3 aromatic rings. The summed E-state index contributed by atoms with van der Waals surface area (Å²) in [6.07, 6.45) is 8.96. The van der Waals surface area contributed by atoms with Crippen LogP contribution in [0.4, 0.5) is 5.82 Å². The summed E-state index contributed by atoms with van der Waals surface area (Å²) in [5, 5.41) is 9.25. The van der Waals surface area contributed by atoms with Crippen molar-refractivity contribution in [1.82, 2.24) is 24.5 Å². The highest BCUT2D eigenvalue weighted by atomic mass is 35.5. The Morgan fingerprint density at radius 3 is 2.60 bits per heavy atom. The van der Waals surface area contributed by atoms with E-state index in [1.165, 1.54) is 6.42 Å². The minimum Gasteiger partial charge on any atom is -0.355 e. The molecule has 0 bridgehead atoms. The first kappa shape index (κ1) is 19.3. The zero-order chi connectivity index (χ0) is 20.5. The minimum absolute atomic E-state index is 0.0352. The van der Waals surface area contributed by atoms with Gasteiger partial charge in [-0.3, -0.25) is 9.20 Å². The maximum atomic E-state index is 12.7. The first-order valence-corrected chi connectivity index (χ1v) is 11.1. The summed E-state index contributed by atoms with van der Waals surface area (Å²) >= 11 is 6.56. The molecule has 5 heterocycles. The highest BCUT2D eigenvalue weighted by molar-refractivity contribution is 6.33. The molecule has 5 rings (SSSR count). The molecule has 0 radical (unpaired) electrons. The number of pyridine rings is 2. The molecule has 8 heteroatoms. The predicted molar refractivity (Wildman–Crippen MR) is 116 cm³/mol. The van der Waals surface area contributed by atoms with Crippen LogP contribution < -0.4 is 4.90 Å². The van der Waals surface area contributed by atoms with Crippen molar-refractivity contribution in [2.75, 3.05) is 31.1 Å². The Bertz CT molecular complexity index is 1050. The smallest absolute Gasteiger partial charge is 0.255 e. The monoisotopic (exact) mass is 424 g/mol. The van der Waals surface area contributed by atoms with Crippen molar-refractivity contribution in [1.29, 1.82) is 0 Å². The maximum absolute atomic E-state index is 12.7. The number of carbonyl (C=O) groups excluding carboxylic acids is 1. The molecular weight excluding hydrogens is 400 g/mol. The molecule has 2 aliphatic rings. The molecule has 30 heavy (non-hydrogen) atoms. The third-order valence-electron chi connectivity index (χ3n) is 6.21. The molecule has 7 nitrogen and oxygen atoms in total. The molecule has 156 valence electrons. The Morgan fingerprint density at radius 1 is 1.03 bits per heavy atom. The van der Waals surface area contributed by atoms with E-state index in [2.05, 4.69) is 24.5 Å². The number of aromatic nitrogens is 4. The predicted octanol–water partition coefficient (Wildman–Crippen LogP) is 3.79. The largest absolute Gasteiger partial charge is 0.355 e. The van der Waals surface area contributed by atoms with E-state index in [0.717, 1.165) is 69.2 Å². The summed E-state index contributed by atoms with van der Waals surface area (Å²) in [5.41, 5.74) is 1.46. The molecule has 1 amide bonds. The highest BCUT2D eigenvalue weighted by Gasteiger charge is 2.27. The molecule has 2 fully saturated rings. The second kappa shape index (κ2) is 8.22. The van der Waals surface area contributed by atoms with Gasteiger partial charge in [0.15, 0.2) is 5.65 Å². The van der Waals surface area contributed by atoms with Gasteiger partial charge in [0.2, 0.25) is 0 Å². The Morgan fingerprint density at radius 2 is 1.83 bits per heavy atom. The SMILES string of the molecule is O=C(c1cnc(N2CCC(c3nnc4ccccn34)CC2)c(Cl)c1)N1CCCCC1. The molecule has 3 aromatic heterocycles. The number of hydrogen-bond acceptors (Lipinski definition) is 5. The van der Waals surface area contributed by atoms with Gasteiger partial charge in [0.05, 0.1) is 10.6 Å². The number of rotatable bonds is 3. The van der Waals surface area contributed by atoms with Crippen LogP contribution in [-0.2, 0) is 0 Å². The molecule has 2 aliphatic heterocycles. The van der Waals surface area contributed by atoms with Gasteiger partial charge in [-0.15, -0.1) is 10.2 Å². The summed E-state index contributed by atoms with van der Waals surface area (Å²) in [6, 6.07) is 7.73. The average Bonchev–Trinajstić information content (AvgIpc) is 3.23. The number of fused-ring (bicyclic) bond motifs is 1. The molecule has 0 N–H and O–H groups in total. The van der Waals surface area contributed by atoms with Crippen LogP contribution in [0.1, 0.15) is 54.2 Å². The van der Waals surface area contributed by atoms with Crippen LogP contribution in [0.15, 0.2) is 36.7 Å². The van der Waals surface area contributed by atoms with Crippen molar-refractivity contribution < 1.29 is 4.79 Å². The first-order chi connectivity index (χ1) is 14.7. The molecule has 0 aromatic carbocycles. The standard InChI is InChI=1S/C22H25ClN6O/c23-18-14-17(22(30)28-9-3-1-4-10-28)15-24-21(18)27-12-7-16(8-13-27)20-26-25-19-6-2-5-11-29(19)20/h2,5-6,11,14-16H,1,3-4,7-10,12-13H2. The average molecular weight is 425 g/mol. The number of carbonyl (C=O) groups is 1. The third-order valence-corrected chi connectivity index (χ3v) is 6.49. The van der Waals surface area contributed by atoms with Gasteiger partial charge in [-0.1, -0.05) is 17.7 Å². The van der Waals surface area contributed by atoms with Crippen LogP contribution in [0.2, 0.25) is 5.02 Å². The quantitative estimate of drug-likeness (QED) is 0.640. The van der Waals surface area contributed by atoms with Crippen molar-refractivity contribution in [2.24, 2.45) is 0 Å². The van der Waals surface area contributed by atoms with E-state index in [4.69, 9.17) is 11.6 Å². The molecule has 0 aliphatic carbocycles. The lowest BCUT2D eigenvalue weighted by molar-refractivity contribution is 0.0724. The summed E-state index contributed by atoms with van der Waals surface area (Å²) in [4.78, 5) is 21.4. The van der Waals surface area contributed by atoms with Crippen molar-refractivity contribution >= 4 is 29.0 Å². The van der Waals surface area contributed by atoms with Crippen LogP contribution in [0.25, 0.3) is 5.65 Å². The van der Waals surface area contributed by atoms with Crippen LogP contribution in [0.3, 0.4) is 0 Å². The topological polar surface area (TPSA) is 66.6 Å². The molecule has 0 saturated carbocycles. The number of halogens is 1. The van der Waals surface area contributed by atoms with Gasteiger partial charge in [0.1, 0.15) is 11.6 Å². The van der Waals surface area contributed by atoms with Gasteiger partial charge in [0, 0.05) is 44.5 Å². The summed E-state index contributed by atoms with van der Waals surface area (Å²) < 4.78 is 2.08. The number of hydrogen-bond donors (Lipinski definition) is 0. The number of piperidine rings is 2. The minimum atomic E-state index is 0.0352. The lowest BCUT2D eigenvalue weighted by atomic mass is 9.96. The second-order valence-electron chi connectivity index (χ2n) is 8.13. The van der Waals surface area contributed by atoms with Gasteiger partial charge >= 0.3 is 0 Å². The fourth-order valence-electron chi connectivity index (χ4n) is 4.55. The summed E-state index contributed by atoms with van der Waals surface area (Å²) in [7, 11) is 0. The van der Waals surface area contributed by atoms with Crippen LogP contribution in [0.5, 0.6) is 0 Å². The van der Waals surface area contributed by atoms with E-state index in [1.54, 1.807) is 12.3 Å². The second-order valence-corrected chi connectivity index (χ2v) is 8.54. The van der Waals surface area contributed by atoms with Crippen molar-refractivity contribution in [3.8, 4) is 0 Å². The fourth-order valence-corrected chi connectivity index (χ4v) is 4.83. The van der Waals surface area contributed by atoms with Crippen LogP contribution >= 0.6 is 11.6 Å². The summed E-state index contributed by atoms with van der Waals surface area (Å²) in [6.45, 7) is 3.34. The molecule has 0 spiro atoms. The Kier molecular flexibility index (Phi) is 5.29. The Balaban J connectivity index is 1.27. The van der Waals surface area contributed by atoms with Crippen molar-refractivity contribution in [3.63, 3.8) is 0 Å². The van der Waals surface area contributed by atoms with Gasteiger partial charge < -0.3 is 9.80 Å². The molecule has 0 atom stereocenters. The van der Waals surface area contributed by atoms with Crippen LogP contribution in [0, 0.1) is 0 Å². The van der Waals surface area contributed by atoms with E-state index >= 15 is 0 Å². The number of anilines is 1. The van der Waals surface area contributed by atoms with Crippen LogP contribution in [-0.4, -0.2) is 56.6 Å². The van der Waals surface area contributed by atoms with E-state index < -0.39 is 0 Å². The van der Waals surface area contributed by atoms with E-state index in [9.17, 15) is 4.79 Å². The van der Waals surface area contributed by atoms with E-state index in [1.807, 2.05) is 29.3 Å². The zero-order valence-electron chi connectivity index (χ0n) is 16.9. The van der Waals surface area contributed by atoms with Gasteiger partial charge in [-0.2, -0.15) is 0 Å². The van der Waals surface area contributed by atoms with Gasteiger partial charge in [-0.05, 0) is 50.3 Å². The maximum Gasteiger partial charge on any atom is 0.255 e. The first-order valence-electron chi connectivity index (χ1n) is 10.7.